The molecule has 0 saturated carbocycles. The minimum atomic E-state index is -0.412. The molecule has 6 heteroatoms. The Morgan fingerprint density at radius 2 is 2.05 bits per heavy atom. The smallest absolute Gasteiger partial charge is 0.241 e. The zero-order valence-electron chi connectivity index (χ0n) is 10.6. The van der Waals surface area contributed by atoms with Gasteiger partial charge in [-0.25, -0.2) is 4.39 Å². The summed E-state index contributed by atoms with van der Waals surface area (Å²) >= 11 is 3.10. The van der Waals surface area contributed by atoms with E-state index in [0.29, 0.717) is 15.8 Å². The largest absolute Gasteiger partial charge is 0.397 e. The average molecular weight is 330 g/mol. The molecule has 3 N–H and O–H groups in total. The highest BCUT2D eigenvalue weighted by molar-refractivity contribution is 9.10. The van der Waals surface area contributed by atoms with E-state index in [1.807, 2.05) is 4.90 Å². The molecule has 104 valence electrons. The number of likely N-dealkylation sites (tertiary alicyclic amines) is 1. The number of anilines is 2. The summed E-state index contributed by atoms with van der Waals surface area (Å²) in [5, 5.41) is 2.97. The number of piperidine rings is 1. The Hall–Kier alpha value is -1.30. The van der Waals surface area contributed by atoms with Gasteiger partial charge in [-0.2, -0.15) is 0 Å². The molecule has 0 spiro atoms. The quantitative estimate of drug-likeness (QED) is 0.838. The summed E-state index contributed by atoms with van der Waals surface area (Å²) in [7, 11) is 0. The molecule has 1 fully saturated rings. The molecule has 1 aliphatic rings. The van der Waals surface area contributed by atoms with E-state index in [0.717, 1.165) is 25.9 Å². The molecule has 0 radical (unpaired) electrons. The predicted octanol–water partition coefficient (Wildman–Crippen LogP) is 2.59. The van der Waals surface area contributed by atoms with Gasteiger partial charge < -0.3 is 16.0 Å². The number of amides is 1. The molecule has 1 aromatic carbocycles. The second-order valence-electron chi connectivity index (χ2n) is 4.65. The zero-order chi connectivity index (χ0) is 13.8. The summed E-state index contributed by atoms with van der Waals surface area (Å²) < 4.78 is 13.5. The molecular formula is C13H17BrFN3O. The van der Waals surface area contributed by atoms with Gasteiger partial charge in [0.1, 0.15) is 5.82 Å². The Labute approximate surface area is 120 Å². The van der Waals surface area contributed by atoms with Gasteiger partial charge in [0.2, 0.25) is 5.91 Å². The molecule has 1 amide bonds. The number of hydrogen-bond donors (Lipinski definition) is 2. The Balaban J connectivity index is 1.94. The molecule has 1 aliphatic heterocycles. The van der Waals surface area contributed by atoms with Crippen molar-refractivity contribution in [3.05, 3.63) is 22.4 Å². The highest BCUT2D eigenvalue weighted by Crippen LogP contribution is 2.26. The third-order valence-electron chi connectivity index (χ3n) is 3.23. The second kappa shape index (κ2) is 6.23. The van der Waals surface area contributed by atoms with E-state index >= 15 is 0 Å². The molecule has 1 heterocycles. The van der Waals surface area contributed by atoms with Crippen LogP contribution < -0.4 is 11.1 Å². The van der Waals surface area contributed by atoms with Crippen LogP contribution in [0.2, 0.25) is 0 Å². The van der Waals surface area contributed by atoms with Crippen LogP contribution in [-0.4, -0.2) is 30.4 Å². The predicted molar refractivity (Wildman–Crippen MR) is 77.4 cm³/mol. The van der Waals surface area contributed by atoms with Crippen molar-refractivity contribution in [2.24, 2.45) is 0 Å². The third kappa shape index (κ3) is 3.59. The Morgan fingerprint density at radius 3 is 2.74 bits per heavy atom. The number of benzene rings is 1. The number of carbonyl (C=O) groups excluding carboxylic acids is 1. The van der Waals surface area contributed by atoms with Crippen molar-refractivity contribution in [1.82, 2.24) is 4.90 Å². The summed E-state index contributed by atoms with van der Waals surface area (Å²) in [4.78, 5) is 13.8. The maximum Gasteiger partial charge on any atom is 0.241 e. The van der Waals surface area contributed by atoms with Crippen LogP contribution in [0.25, 0.3) is 0 Å². The lowest BCUT2D eigenvalue weighted by atomic mass is 10.1. The summed E-state index contributed by atoms with van der Waals surface area (Å²) in [6.07, 6.45) is 3.32. The number of nitrogens with zero attached hydrogens (tertiary/aromatic N) is 1. The normalized spacial score (nSPS) is 15.4. The van der Waals surface area contributed by atoms with E-state index < -0.39 is 5.82 Å². The molecular weight excluding hydrogens is 313 g/mol. The van der Waals surface area contributed by atoms with Crippen LogP contribution in [0.15, 0.2) is 16.6 Å². The van der Waals surface area contributed by atoms with Gasteiger partial charge in [0.05, 0.1) is 22.4 Å². The van der Waals surface area contributed by atoms with Gasteiger partial charge >= 0.3 is 0 Å². The standard InChI is InChI=1S/C13H17BrFN3O/c14-9-6-12(11(16)7-10(9)15)17-8-13(19)18-4-2-1-3-5-18/h6-7,17H,1-5,8,16H2. The van der Waals surface area contributed by atoms with Crippen molar-refractivity contribution in [1.29, 1.82) is 0 Å². The monoisotopic (exact) mass is 329 g/mol. The number of rotatable bonds is 3. The maximum absolute atomic E-state index is 13.2. The van der Waals surface area contributed by atoms with Crippen LogP contribution in [0.4, 0.5) is 15.8 Å². The first-order valence-corrected chi connectivity index (χ1v) is 7.13. The van der Waals surface area contributed by atoms with Crippen molar-refractivity contribution in [3.63, 3.8) is 0 Å². The molecule has 4 nitrogen and oxygen atoms in total. The molecule has 0 bridgehead atoms. The van der Waals surface area contributed by atoms with Crippen LogP contribution in [-0.2, 0) is 4.79 Å². The first-order valence-electron chi connectivity index (χ1n) is 6.34. The van der Waals surface area contributed by atoms with Gasteiger partial charge in [-0.15, -0.1) is 0 Å². The second-order valence-corrected chi connectivity index (χ2v) is 5.50. The van der Waals surface area contributed by atoms with Gasteiger partial charge in [0.25, 0.3) is 0 Å². The van der Waals surface area contributed by atoms with Crippen molar-refractivity contribution in [2.75, 3.05) is 30.7 Å². The number of nitrogens with two attached hydrogens (primary N) is 1. The minimum Gasteiger partial charge on any atom is -0.397 e. The molecule has 0 atom stereocenters. The number of nitrogens with one attached hydrogen (secondary N) is 1. The molecule has 0 aliphatic carbocycles. The highest BCUT2D eigenvalue weighted by Gasteiger charge is 2.16. The van der Waals surface area contributed by atoms with Gasteiger partial charge in [0.15, 0.2) is 0 Å². The molecule has 0 aromatic heterocycles. The van der Waals surface area contributed by atoms with Crippen molar-refractivity contribution >= 4 is 33.2 Å². The van der Waals surface area contributed by atoms with E-state index in [1.54, 1.807) is 6.07 Å². The first-order chi connectivity index (χ1) is 9.08. The number of halogens is 2. The first kappa shape index (κ1) is 14.1. The van der Waals surface area contributed by atoms with Crippen molar-refractivity contribution < 1.29 is 9.18 Å². The molecule has 1 aromatic rings. The summed E-state index contributed by atoms with van der Waals surface area (Å²) in [5.74, 6) is -0.357. The summed E-state index contributed by atoms with van der Waals surface area (Å²) in [6, 6.07) is 2.78. The molecule has 2 rings (SSSR count). The summed E-state index contributed by atoms with van der Waals surface area (Å²) in [6.45, 7) is 1.83. The average Bonchev–Trinajstić information content (AvgIpc) is 2.42. The summed E-state index contributed by atoms with van der Waals surface area (Å²) in [5.41, 5.74) is 6.57. The van der Waals surface area contributed by atoms with E-state index in [4.69, 9.17) is 5.73 Å². The number of hydrogen-bond acceptors (Lipinski definition) is 3. The van der Waals surface area contributed by atoms with Gasteiger partial charge in [0, 0.05) is 19.2 Å². The molecule has 0 unspecified atom stereocenters. The number of carbonyl (C=O) groups is 1. The fraction of sp³-hybridized carbons (Fsp3) is 0.462. The topological polar surface area (TPSA) is 58.4 Å². The van der Waals surface area contributed by atoms with E-state index in [2.05, 4.69) is 21.2 Å². The Morgan fingerprint density at radius 1 is 1.37 bits per heavy atom. The van der Waals surface area contributed by atoms with Crippen LogP contribution >= 0.6 is 15.9 Å². The molecule has 19 heavy (non-hydrogen) atoms. The minimum absolute atomic E-state index is 0.0551. The van der Waals surface area contributed by atoms with E-state index in [9.17, 15) is 9.18 Å². The maximum atomic E-state index is 13.2. The third-order valence-corrected chi connectivity index (χ3v) is 3.84. The van der Waals surface area contributed by atoms with E-state index in [1.165, 1.54) is 12.5 Å². The Bertz CT molecular complexity index is 475. The van der Waals surface area contributed by atoms with Gasteiger partial charge in [-0.3, -0.25) is 4.79 Å². The van der Waals surface area contributed by atoms with Gasteiger partial charge in [-0.1, -0.05) is 0 Å². The molecule has 1 saturated heterocycles. The van der Waals surface area contributed by atoms with Crippen LogP contribution in [0.1, 0.15) is 19.3 Å². The van der Waals surface area contributed by atoms with Crippen molar-refractivity contribution in [2.45, 2.75) is 19.3 Å². The zero-order valence-corrected chi connectivity index (χ0v) is 12.2. The van der Waals surface area contributed by atoms with Crippen LogP contribution in [0.5, 0.6) is 0 Å². The lowest BCUT2D eigenvalue weighted by Crippen LogP contribution is -2.39. The van der Waals surface area contributed by atoms with Crippen LogP contribution in [0.3, 0.4) is 0 Å². The lowest BCUT2D eigenvalue weighted by Gasteiger charge is -2.27. The fourth-order valence-corrected chi connectivity index (χ4v) is 2.48. The van der Waals surface area contributed by atoms with Gasteiger partial charge in [-0.05, 0) is 41.3 Å². The Kier molecular flexibility index (Phi) is 4.63. The van der Waals surface area contributed by atoms with E-state index in [-0.39, 0.29) is 12.5 Å². The van der Waals surface area contributed by atoms with Crippen molar-refractivity contribution in [3.8, 4) is 0 Å². The van der Waals surface area contributed by atoms with Crippen LogP contribution in [0, 0.1) is 5.82 Å². The fourth-order valence-electron chi connectivity index (χ4n) is 2.14. The lowest BCUT2D eigenvalue weighted by molar-refractivity contribution is -0.130. The highest BCUT2D eigenvalue weighted by atomic mass is 79.9. The number of nitrogen functional groups attached to an aromatic ring is 1. The SMILES string of the molecule is Nc1cc(F)c(Br)cc1NCC(=O)N1CCCCC1.